The van der Waals surface area contributed by atoms with Gasteiger partial charge in [-0.3, -0.25) is 4.79 Å². The van der Waals surface area contributed by atoms with E-state index in [1.165, 1.54) is 4.90 Å². The minimum Gasteiger partial charge on any atom is -0.311 e. The molecule has 0 aliphatic rings. The Hall–Kier alpha value is -2.30. The zero-order valence-electron chi connectivity index (χ0n) is 13.2. The summed E-state index contributed by atoms with van der Waals surface area (Å²) in [5.41, 5.74) is 2.89. The monoisotopic (exact) mass is 359 g/mol. The Kier molecular flexibility index (Phi) is 4.60. The Bertz CT molecular complexity index is 891. The molecule has 2 aromatic carbocycles. The molecule has 0 N–H and O–H groups in total. The highest BCUT2D eigenvalue weighted by Crippen LogP contribution is 2.27. The van der Waals surface area contributed by atoms with E-state index >= 15 is 0 Å². The van der Waals surface area contributed by atoms with Crippen molar-refractivity contribution in [2.45, 2.75) is 6.92 Å². The summed E-state index contributed by atoms with van der Waals surface area (Å²) in [5.74, 6) is -0.159. The zero-order valence-corrected chi connectivity index (χ0v) is 14.7. The van der Waals surface area contributed by atoms with Crippen molar-refractivity contribution in [2.75, 3.05) is 11.9 Å². The van der Waals surface area contributed by atoms with Crippen molar-refractivity contribution < 1.29 is 4.79 Å². The third-order valence-corrected chi connectivity index (χ3v) is 4.58. The molecule has 4 nitrogen and oxygen atoms in total. The Morgan fingerprint density at radius 3 is 2.46 bits per heavy atom. The second kappa shape index (κ2) is 6.67. The van der Waals surface area contributed by atoms with Crippen LogP contribution in [-0.2, 0) is 0 Å². The smallest absolute Gasteiger partial charge is 0.261 e. The predicted octanol–water partition coefficient (Wildman–Crippen LogP) is 4.76. The Balaban J connectivity index is 1.93. The van der Waals surface area contributed by atoms with E-state index in [0.29, 0.717) is 21.3 Å². The number of carbonyl (C=O) groups excluding carboxylic acids is 1. The third kappa shape index (κ3) is 3.03. The Morgan fingerprint density at radius 1 is 1.08 bits per heavy atom. The number of amides is 1. The highest BCUT2D eigenvalue weighted by molar-refractivity contribution is 6.42. The van der Waals surface area contributed by atoms with Crippen LogP contribution in [0.1, 0.15) is 16.1 Å². The van der Waals surface area contributed by atoms with Crippen molar-refractivity contribution in [1.82, 2.24) is 9.78 Å². The molecule has 6 heteroatoms. The minimum atomic E-state index is -0.159. The van der Waals surface area contributed by atoms with Gasteiger partial charge in [-0.1, -0.05) is 41.4 Å². The third-order valence-electron chi connectivity index (χ3n) is 3.84. The minimum absolute atomic E-state index is 0.159. The number of nitrogens with zero attached hydrogens (tertiary/aromatic N) is 3. The van der Waals surface area contributed by atoms with Crippen molar-refractivity contribution in [3.8, 4) is 5.69 Å². The van der Waals surface area contributed by atoms with E-state index < -0.39 is 0 Å². The van der Waals surface area contributed by atoms with Crippen LogP contribution in [0.2, 0.25) is 10.0 Å². The number of carbonyl (C=O) groups is 1. The fraction of sp³-hybridized carbons (Fsp3) is 0.111. The standard InChI is InChI=1S/C18H15Cl2N3O/c1-12-15(11-21-23(12)13-6-4-3-5-7-13)18(24)22(2)14-8-9-16(19)17(20)10-14/h3-11H,1-2H3. The lowest BCUT2D eigenvalue weighted by Gasteiger charge is -2.17. The van der Waals surface area contributed by atoms with Crippen LogP contribution < -0.4 is 4.90 Å². The molecule has 122 valence electrons. The largest absolute Gasteiger partial charge is 0.311 e. The summed E-state index contributed by atoms with van der Waals surface area (Å²) < 4.78 is 1.75. The van der Waals surface area contributed by atoms with Gasteiger partial charge in [0.15, 0.2) is 0 Å². The van der Waals surface area contributed by atoms with Gasteiger partial charge in [-0.15, -0.1) is 0 Å². The van der Waals surface area contributed by atoms with Gasteiger partial charge in [-0.2, -0.15) is 5.10 Å². The fourth-order valence-electron chi connectivity index (χ4n) is 2.44. The van der Waals surface area contributed by atoms with Crippen molar-refractivity contribution in [2.24, 2.45) is 0 Å². The van der Waals surface area contributed by atoms with Gasteiger partial charge in [-0.25, -0.2) is 4.68 Å². The summed E-state index contributed by atoms with van der Waals surface area (Å²) >= 11 is 12.0. The van der Waals surface area contributed by atoms with E-state index in [0.717, 1.165) is 11.4 Å². The molecule has 1 aromatic heterocycles. The van der Waals surface area contributed by atoms with E-state index in [2.05, 4.69) is 5.10 Å². The van der Waals surface area contributed by atoms with Gasteiger partial charge in [-0.05, 0) is 37.3 Å². The number of hydrogen-bond acceptors (Lipinski definition) is 2. The number of para-hydroxylation sites is 1. The number of hydrogen-bond donors (Lipinski definition) is 0. The molecule has 0 fully saturated rings. The molecule has 0 saturated carbocycles. The first-order chi connectivity index (χ1) is 11.5. The maximum absolute atomic E-state index is 12.8. The van der Waals surface area contributed by atoms with Crippen LogP contribution in [0.25, 0.3) is 5.69 Å². The molecule has 0 radical (unpaired) electrons. The van der Waals surface area contributed by atoms with Crippen LogP contribution in [0.4, 0.5) is 5.69 Å². The molecule has 0 aliphatic carbocycles. The molecule has 1 amide bonds. The summed E-state index contributed by atoms with van der Waals surface area (Å²) in [4.78, 5) is 14.3. The molecule has 1 heterocycles. The van der Waals surface area contributed by atoms with Crippen LogP contribution in [0.3, 0.4) is 0 Å². The first kappa shape index (κ1) is 16.6. The molecule has 0 bridgehead atoms. The Morgan fingerprint density at radius 2 is 1.79 bits per heavy atom. The number of benzene rings is 2. The molecule has 24 heavy (non-hydrogen) atoms. The van der Waals surface area contributed by atoms with Gasteiger partial charge in [0.1, 0.15) is 0 Å². The number of rotatable bonds is 3. The van der Waals surface area contributed by atoms with Crippen molar-refractivity contribution >= 4 is 34.8 Å². The van der Waals surface area contributed by atoms with Gasteiger partial charge in [0.05, 0.1) is 33.2 Å². The lowest BCUT2D eigenvalue weighted by Crippen LogP contribution is -2.26. The van der Waals surface area contributed by atoms with E-state index in [1.807, 2.05) is 37.3 Å². The maximum atomic E-state index is 12.8. The molecule has 0 unspecified atom stereocenters. The maximum Gasteiger partial charge on any atom is 0.261 e. The average Bonchev–Trinajstić information content (AvgIpc) is 2.98. The molecule has 0 aliphatic heterocycles. The van der Waals surface area contributed by atoms with Gasteiger partial charge < -0.3 is 4.90 Å². The Labute approximate surface area is 150 Å². The fourth-order valence-corrected chi connectivity index (χ4v) is 2.73. The van der Waals surface area contributed by atoms with Gasteiger partial charge >= 0.3 is 0 Å². The molecular formula is C18H15Cl2N3O. The summed E-state index contributed by atoms with van der Waals surface area (Å²) in [5, 5.41) is 5.20. The second-order valence-corrected chi connectivity index (χ2v) is 6.17. The molecule has 0 saturated heterocycles. The molecule has 0 atom stereocenters. The molecular weight excluding hydrogens is 345 g/mol. The van der Waals surface area contributed by atoms with E-state index in [1.54, 1.807) is 36.1 Å². The van der Waals surface area contributed by atoms with Crippen LogP contribution in [0.5, 0.6) is 0 Å². The lowest BCUT2D eigenvalue weighted by atomic mass is 10.2. The van der Waals surface area contributed by atoms with Crippen molar-refractivity contribution in [3.05, 3.63) is 76.0 Å². The quantitative estimate of drug-likeness (QED) is 0.675. The SMILES string of the molecule is Cc1c(C(=O)N(C)c2ccc(Cl)c(Cl)c2)cnn1-c1ccccc1. The number of aromatic nitrogens is 2. The van der Waals surface area contributed by atoms with Gasteiger partial charge in [0, 0.05) is 12.7 Å². The molecule has 3 aromatic rings. The van der Waals surface area contributed by atoms with Crippen LogP contribution in [-0.4, -0.2) is 22.7 Å². The predicted molar refractivity (Wildman–Crippen MR) is 97.5 cm³/mol. The summed E-state index contributed by atoms with van der Waals surface area (Å²) in [7, 11) is 1.70. The van der Waals surface area contributed by atoms with Crippen LogP contribution in [0.15, 0.2) is 54.7 Å². The summed E-state index contributed by atoms with van der Waals surface area (Å²) in [6.07, 6.45) is 1.58. The van der Waals surface area contributed by atoms with Crippen LogP contribution >= 0.6 is 23.2 Å². The first-order valence-corrected chi connectivity index (χ1v) is 8.08. The summed E-state index contributed by atoms with van der Waals surface area (Å²) in [6.45, 7) is 1.87. The van der Waals surface area contributed by atoms with Gasteiger partial charge in [0.2, 0.25) is 0 Å². The number of halogens is 2. The van der Waals surface area contributed by atoms with Crippen molar-refractivity contribution in [3.63, 3.8) is 0 Å². The highest BCUT2D eigenvalue weighted by Gasteiger charge is 2.20. The average molecular weight is 360 g/mol. The molecule has 3 rings (SSSR count). The van der Waals surface area contributed by atoms with Crippen LogP contribution in [0, 0.1) is 6.92 Å². The highest BCUT2D eigenvalue weighted by atomic mass is 35.5. The topological polar surface area (TPSA) is 38.1 Å². The van der Waals surface area contributed by atoms with E-state index in [4.69, 9.17) is 23.2 Å². The van der Waals surface area contributed by atoms with E-state index in [-0.39, 0.29) is 5.91 Å². The van der Waals surface area contributed by atoms with Crippen molar-refractivity contribution in [1.29, 1.82) is 0 Å². The normalized spacial score (nSPS) is 10.7. The first-order valence-electron chi connectivity index (χ1n) is 7.32. The second-order valence-electron chi connectivity index (χ2n) is 5.35. The summed E-state index contributed by atoms with van der Waals surface area (Å²) in [6, 6.07) is 14.8. The number of anilines is 1. The molecule has 0 spiro atoms. The lowest BCUT2D eigenvalue weighted by molar-refractivity contribution is 0.0992. The van der Waals surface area contributed by atoms with E-state index in [9.17, 15) is 4.79 Å². The van der Waals surface area contributed by atoms with Gasteiger partial charge in [0.25, 0.3) is 5.91 Å². The zero-order chi connectivity index (χ0) is 17.3.